The molecular weight excluding hydrogens is 268 g/mol. The van der Waals surface area contributed by atoms with Crippen molar-refractivity contribution < 1.29 is 4.39 Å². The Kier molecular flexibility index (Phi) is 4.23. The minimum absolute atomic E-state index is 0.203. The maximum Gasteiger partial charge on any atom is 0.102 e. The molecule has 1 unspecified atom stereocenters. The molecule has 0 amide bonds. The van der Waals surface area contributed by atoms with Crippen molar-refractivity contribution in [3.63, 3.8) is 0 Å². The SMILES string of the molecule is C[C@@H]1CN(CCF)C[C@H](C)C1I. The van der Waals surface area contributed by atoms with Crippen LogP contribution in [0.1, 0.15) is 13.8 Å². The molecular formula is C9H17FIN. The summed E-state index contributed by atoms with van der Waals surface area (Å²) >= 11 is 2.53. The molecule has 12 heavy (non-hydrogen) atoms. The van der Waals surface area contributed by atoms with Crippen molar-refractivity contribution >= 4 is 22.6 Å². The smallest absolute Gasteiger partial charge is 0.102 e. The summed E-state index contributed by atoms with van der Waals surface area (Å²) in [5.41, 5.74) is 0. The van der Waals surface area contributed by atoms with Crippen molar-refractivity contribution in [3.8, 4) is 0 Å². The van der Waals surface area contributed by atoms with Crippen LogP contribution in [0.5, 0.6) is 0 Å². The first kappa shape index (κ1) is 10.7. The Morgan fingerprint density at radius 1 is 1.33 bits per heavy atom. The maximum atomic E-state index is 12.1. The molecule has 1 fully saturated rings. The number of hydrogen-bond donors (Lipinski definition) is 0. The minimum Gasteiger partial charge on any atom is -0.300 e. The molecule has 3 heteroatoms. The zero-order valence-electron chi connectivity index (χ0n) is 7.76. The van der Waals surface area contributed by atoms with Crippen molar-refractivity contribution in [1.29, 1.82) is 0 Å². The lowest BCUT2D eigenvalue weighted by atomic mass is 9.92. The molecule has 1 nitrogen and oxygen atoms in total. The molecule has 72 valence electrons. The van der Waals surface area contributed by atoms with Gasteiger partial charge in [0.05, 0.1) is 0 Å². The molecule has 1 heterocycles. The summed E-state index contributed by atoms with van der Waals surface area (Å²) in [7, 11) is 0. The van der Waals surface area contributed by atoms with Gasteiger partial charge in [0.25, 0.3) is 0 Å². The Balaban J connectivity index is 2.42. The second kappa shape index (κ2) is 4.74. The van der Waals surface area contributed by atoms with Crippen LogP contribution >= 0.6 is 22.6 Å². The first-order valence-corrected chi connectivity index (χ1v) is 5.82. The van der Waals surface area contributed by atoms with E-state index in [0.29, 0.717) is 18.4 Å². The van der Waals surface area contributed by atoms with Gasteiger partial charge in [-0.05, 0) is 11.8 Å². The molecule has 1 saturated heterocycles. The number of halogens is 2. The number of piperidine rings is 1. The van der Waals surface area contributed by atoms with Crippen molar-refractivity contribution in [1.82, 2.24) is 4.90 Å². The Morgan fingerprint density at radius 2 is 1.83 bits per heavy atom. The van der Waals surface area contributed by atoms with Gasteiger partial charge >= 0.3 is 0 Å². The summed E-state index contributed by atoms with van der Waals surface area (Å²) in [6.07, 6.45) is 0. The van der Waals surface area contributed by atoms with Crippen LogP contribution in [-0.4, -0.2) is 35.1 Å². The molecule has 0 aliphatic carbocycles. The van der Waals surface area contributed by atoms with Gasteiger partial charge in [-0.2, -0.15) is 0 Å². The van der Waals surface area contributed by atoms with E-state index in [2.05, 4.69) is 41.3 Å². The predicted molar refractivity (Wildman–Crippen MR) is 58.6 cm³/mol. The molecule has 0 spiro atoms. The normalized spacial score (nSPS) is 38.5. The molecule has 1 aliphatic rings. The van der Waals surface area contributed by atoms with E-state index in [1.54, 1.807) is 0 Å². The van der Waals surface area contributed by atoms with Crippen LogP contribution in [0.25, 0.3) is 0 Å². The van der Waals surface area contributed by atoms with E-state index >= 15 is 0 Å². The van der Waals surface area contributed by atoms with E-state index in [0.717, 1.165) is 17.0 Å². The largest absolute Gasteiger partial charge is 0.300 e. The summed E-state index contributed by atoms with van der Waals surface area (Å²) in [4.78, 5) is 2.24. The van der Waals surface area contributed by atoms with Crippen molar-refractivity contribution in [2.45, 2.75) is 17.8 Å². The molecule has 0 radical (unpaired) electrons. The summed E-state index contributed by atoms with van der Waals surface area (Å²) in [5.74, 6) is 1.42. The highest BCUT2D eigenvalue weighted by Gasteiger charge is 2.29. The monoisotopic (exact) mass is 285 g/mol. The van der Waals surface area contributed by atoms with E-state index in [1.165, 1.54) is 0 Å². The predicted octanol–water partition coefficient (Wildman–Crippen LogP) is 2.35. The van der Waals surface area contributed by atoms with Crippen LogP contribution in [0.3, 0.4) is 0 Å². The third-order valence-electron chi connectivity index (χ3n) is 2.58. The number of likely N-dealkylation sites (tertiary alicyclic amines) is 1. The third-order valence-corrected chi connectivity index (χ3v) is 5.04. The molecule has 0 bridgehead atoms. The van der Waals surface area contributed by atoms with Crippen LogP contribution < -0.4 is 0 Å². The minimum atomic E-state index is -0.203. The summed E-state index contributed by atoms with van der Waals surface area (Å²) in [6.45, 7) is 7.09. The molecule has 0 aromatic carbocycles. The quantitative estimate of drug-likeness (QED) is 0.556. The Bertz CT molecular complexity index is 130. The third kappa shape index (κ3) is 2.55. The Morgan fingerprint density at radius 3 is 2.25 bits per heavy atom. The van der Waals surface area contributed by atoms with Crippen LogP contribution in [0, 0.1) is 11.8 Å². The van der Waals surface area contributed by atoms with Gasteiger partial charge in [0.1, 0.15) is 6.67 Å². The molecule has 1 aliphatic heterocycles. The number of nitrogens with zero attached hydrogens (tertiary/aromatic N) is 1. The summed E-state index contributed by atoms with van der Waals surface area (Å²) in [5, 5.41) is 0. The first-order valence-electron chi connectivity index (χ1n) is 4.57. The Labute approximate surface area is 87.8 Å². The molecule has 0 aromatic heterocycles. The van der Waals surface area contributed by atoms with Crippen LogP contribution in [0.2, 0.25) is 0 Å². The van der Waals surface area contributed by atoms with E-state index in [9.17, 15) is 4.39 Å². The average molecular weight is 285 g/mol. The van der Waals surface area contributed by atoms with Gasteiger partial charge < -0.3 is 4.90 Å². The molecule has 3 atom stereocenters. The standard InChI is InChI=1S/C9H17FIN/c1-7-5-12(4-3-10)6-8(2)9(7)11/h7-9H,3-6H2,1-2H3/t7-,8+,9?. The van der Waals surface area contributed by atoms with Crippen LogP contribution in [0.4, 0.5) is 4.39 Å². The molecule has 0 aromatic rings. The van der Waals surface area contributed by atoms with Gasteiger partial charge in [0.15, 0.2) is 0 Å². The highest BCUT2D eigenvalue weighted by atomic mass is 127. The van der Waals surface area contributed by atoms with Gasteiger partial charge in [0.2, 0.25) is 0 Å². The fourth-order valence-corrected chi connectivity index (χ4v) is 2.41. The number of rotatable bonds is 2. The lowest BCUT2D eigenvalue weighted by molar-refractivity contribution is 0.143. The average Bonchev–Trinajstić information content (AvgIpc) is 2.01. The molecule has 0 N–H and O–H groups in total. The van der Waals surface area contributed by atoms with Gasteiger partial charge in [0, 0.05) is 23.6 Å². The van der Waals surface area contributed by atoms with Gasteiger partial charge in [-0.15, -0.1) is 0 Å². The Hall–Kier alpha value is 0.620. The van der Waals surface area contributed by atoms with Crippen molar-refractivity contribution in [3.05, 3.63) is 0 Å². The molecule has 1 rings (SSSR count). The van der Waals surface area contributed by atoms with E-state index < -0.39 is 0 Å². The van der Waals surface area contributed by atoms with Gasteiger partial charge in [-0.1, -0.05) is 36.4 Å². The number of hydrogen-bond acceptors (Lipinski definition) is 1. The lowest BCUT2D eigenvalue weighted by Crippen LogP contribution is -2.45. The van der Waals surface area contributed by atoms with Crippen LogP contribution in [-0.2, 0) is 0 Å². The van der Waals surface area contributed by atoms with Gasteiger partial charge in [-0.3, -0.25) is 0 Å². The van der Waals surface area contributed by atoms with E-state index in [1.807, 2.05) is 0 Å². The highest BCUT2D eigenvalue weighted by molar-refractivity contribution is 14.1. The molecule has 0 saturated carbocycles. The van der Waals surface area contributed by atoms with E-state index in [-0.39, 0.29) is 6.67 Å². The zero-order chi connectivity index (χ0) is 9.14. The summed E-state index contributed by atoms with van der Waals surface area (Å²) in [6, 6.07) is 0. The van der Waals surface area contributed by atoms with Crippen molar-refractivity contribution in [2.24, 2.45) is 11.8 Å². The zero-order valence-corrected chi connectivity index (χ0v) is 9.92. The van der Waals surface area contributed by atoms with E-state index in [4.69, 9.17) is 0 Å². The number of alkyl halides is 2. The van der Waals surface area contributed by atoms with Crippen molar-refractivity contribution in [2.75, 3.05) is 26.3 Å². The fraction of sp³-hybridized carbons (Fsp3) is 1.00. The highest BCUT2D eigenvalue weighted by Crippen LogP contribution is 2.28. The maximum absolute atomic E-state index is 12.1. The second-order valence-corrected chi connectivity index (χ2v) is 5.29. The van der Waals surface area contributed by atoms with Gasteiger partial charge in [-0.25, -0.2) is 4.39 Å². The van der Waals surface area contributed by atoms with Crippen LogP contribution in [0.15, 0.2) is 0 Å². The topological polar surface area (TPSA) is 3.24 Å². The summed E-state index contributed by atoms with van der Waals surface area (Å²) < 4.78 is 12.8. The first-order chi connectivity index (χ1) is 5.65. The lowest BCUT2D eigenvalue weighted by Gasteiger charge is -2.38. The fourth-order valence-electron chi connectivity index (χ4n) is 1.95. The second-order valence-electron chi connectivity index (χ2n) is 3.85.